The summed E-state index contributed by atoms with van der Waals surface area (Å²) in [5.74, 6) is -0.682. The third-order valence-corrected chi connectivity index (χ3v) is 8.80. The molecule has 0 unspecified atom stereocenters. The van der Waals surface area contributed by atoms with Gasteiger partial charge in [0.15, 0.2) is 0 Å². The predicted molar refractivity (Wildman–Crippen MR) is 157 cm³/mol. The summed E-state index contributed by atoms with van der Waals surface area (Å²) < 4.78 is 83.4. The first-order valence-electron chi connectivity index (χ1n) is 11.8. The van der Waals surface area contributed by atoms with Gasteiger partial charge >= 0.3 is 32.2 Å². The molecule has 2 aromatic carbocycles. The van der Waals surface area contributed by atoms with Gasteiger partial charge in [-0.1, -0.05) is 33.8 Å². The molecule has 0 fully saturated rings. The van der Waals surface area contributed by atoms with Crippen molar-refractivity contribution in [1.82, 2.24) is 0 Å². The van der Waals surface area contributed by atoms with Crippen LogP contribution in [-0.2, 0) is 52.6 Å². The maximum absolute atomic E-state index is 12.4. The Bertz CT molecular complexity index is 1380. The SMILES string of the molecule is COC(=O)/C(=N/OS(=O)(=O)c1ccc(OC)cc1)SCCOCCS/C(=N\OS(=O)(=O)c1ccc(OC)cc1)C(=O)OC. The van der Waals surface area contributed by atoms with Crippen molar-refractivity contribution in [1.29, 1.82) is 0 Å². The fraction of sp³-hybridized carbons (Fsp3) is 0.333. The lowest BCUT2D eigenvalue weighted by molar-refractivity contribution is -0.133. The molecule has 0 amide bonds. The van der Waals surface area contributed by atoms with Crippen molar-refractivity contribution >= 4 is 65.8 Å². The minimum atomic E-state index is -4.32. The lowest BCUT2D eigenvalue weighted by Crippen LogP contribution is -2.17. The number of ether oxygens (including phenoxy) is 5. The number of hydrogen-bond donors (Lipinski definition) is 0. The van der Waals surface area contributed by atoms with Crippen molar-refractivity contribution in [3.8, 4) is 11.5 Å². The highest BCUT2D eigenvalue weighted by Crippen LogP contribution is 2.20. The Hall–Kier alpha value is -3.52. The van der Waals surface area contributed by atoms with E-state index in [1.807, 2.05) is 0 Å². The topological polar surface area (TPSA) is 192 Å². The van der Waals surface area contributed by atoms with Gasteiger partial charge in [-0.05, 0) is 48.5 Å². The average molecular weight is 681 g/mol. The molecule has 0 atom stereocenters. The number of benzene rings is 2. The van der Waals surface area contributed by atoms with Gasteiger partial charge in [-0.2, -0.15) is 16.8 Å². The molecule has 0 saturated heterocycles. The Morgan fingerprint density at radius 2 is 0.977 bits per heavy atom. The Labute approximate surface area is 257 Å². The highest BCUT2D eigenvalue weighted by Gasteiger charge is 2.21. The summed E-state index contributed by atoms with van der Waals surface area (Å²) in [6.45, 7) is 0.138. The minimum absolute atomic E-state index is 0.0690. The summed E-state index contributed by atoms with van der Waals surface area (Å²) in [5.41, 5.74) is 0. The van der Waals surface area contributed by atoms with Gasteiger partial charge in [0.2, 0.25) is 10.1 Å². The van der Waals surface area contributed by atoms with Crippen LogP contribution in [0, 0.1) is 0 Å². The van der Waals surface area contributed by atoms with Crippen molar-refractivity contribution in [2.75, 3.05) is 53.2 Å². The van der Waals surface area contributed by atoms with Crippen molar-refractivity contribution in [3.63, 3.8) is 0 Å². The van der Waals surface area contributed by atoms with E-state index < -0.39 is 32.2 Å². The van der Waals surface area contributed by atoms with Crippen LogP contribution in [0.15, 0.2) is 68.6 Å². The summed E-state index contributed by atoms with van der Waals surface area (Å²) in [7, 11) is -3.59. The van der Waals surface area contributed by atoms with Crippen LogP contribution >= 0.6 is 23.5 Å². The summed E-state index contributed by atoms with van der Waals surface area (Å²) >= 11 is 1.64. The van der Waals surface area contributed by atoms with Crippen LogP contribution in [0.2, 0.25) is 0 Å². The van der Waals surface area contributed by atoms with E-state index in [9.17, 15) is 26.4 Å². The van der Waals surface area contributed by atoms with E-state index >= 15 is 0 Å². The Balaban J connectivity index is 1.87. The first-order chi connectivity index (χ1) is 20.5. The summed E-state index contributed by atoms with van der Waals surface area (Å²) in [6.07, 6.45) is 0. The second-order valence-electron chi connectivity index (χ2n) is 7.49. The fourth-order valence-corrected chi connectivity index (χ4v) is 5.58. The number of carbonyl (C=O) groups excluding carboxylic acids is 2. The lowest BCUT2D eigenvalue weighted by Gasteiger charge is -2.07. The van der Waals surface area contributed by atoms with E-state index in [0.29, 0.717) is 11.5 Å². The molecular weight excluding hydrogens is 653 g/mol. The molecule has 43 heavy (non-hydrogen) atoms. The molecule has 0 heterocycles. The lowest BCUT2D eigenvalue weighted by atomic mass is 10.3. The molecule has 0 aliphatic carbocycles. The maximum Gasteiger partial charge on any atom is 0.366 e. The number of thioether (sulfide) groups is 2. The first kappa shape index (κ1) is 35.7. The van der Waals surface area contributed by atoms with Crippen molar-refractivity contribution < 1.29 is 58.7 Å². The number of oxime groups is 2. The van der Waals surface area contributed by atoms with E-state index in [-0.39, 0.29) is 44.6 Å². The van der Waals surface area contributed by atoms with Crippen LogP contribution in [0.25, 0.3) is 0 Å². The molecule has 2 rings (SSSR count). The normalized spacial score (nSPS) is 12.3. The third-order valence-electron chi connectivity index (χ3n) is 4.79. The molecule has 2 aromatic rings. The number of nitrogens with zero attached hydrogens (tertiary/aromatic N) is 2. The zero-order valence-corrected chi connectivity index (χ0v) is 26.5. The van der Waals surface area contributed by atoms with Gasteiger partial charge in [0, 0.05) is 11.5 Å². The van der Waals surface area contributed by atoms with Crippen LogP contribution in [0.1, 0.15) is 0 Å². The first-order valence-corrected chi connectivity index (χ1v) is 16.6. The van der Waals surface area contributed by atoms with Crippen LogP contribution in [-0.4, -0.2) is 92.0 Å². The molecule has 19 heteroatoms. The zero-order valence-electron chi connectivity index (χ0n) is 23.3. The van der Waals surface area contributed by atoms with E-state index in [1.54, 1.807) is 0 Å². The Morgan fingerprint density at radius 3 is 1.28 bits per heavy atom. The van der Waals surface area contributed by atoms with Gasteiger partial charge in [-0.15, -0.1) is 0 Å². The van der Waals surface area contributed by atoms with Crippen LogP contribution in [0.5, 0.6) is 11.5 Å². The van der Waals surface area contributed by atoms with Crippen LogP contribution in [0.3, 0.4) is 0 Å². The Kier molecular flexibility index (Phi) is 14.6. The smallest absolute Gasteiger partial charge is 0.366 e. The van der Waals surface area contributed by atoms with Crippen LogP contribution in [0.4, 0.5) is 0 Å². The van der Waals surface area contributed by atoms with E-state index in [2.05, 4.69) is 28.4 Å². The summed E-state index contributed by atoms with van der Waals surface area (Å²) in [5, 5.41) is 6.13. The Morgan fingerprint density at radius 1 is 0.628 bits per heavy atom. The molecule has 0 aromatic heterocycles. The molecule has 15 nitrogen and oxygen atoms in total. The van der Waals surface area contributed by atoms with E-state index in [1.165, 1.54) is 62.8 Å². The van der Waals surface area contributed by atoms with Crippen molar-refractivity contribution in [2.45, 2.75) is 9.79 Å². The molecule has 0 radical (unpaired) electrons. The van der Waals surface area contributed by atoms with Crippen LogP contribution < -0.4 is 9.47 Å². The fourth-order valence-electron chi connectivity index (χ4n) is 2.65. The average Bonchev–Trinajstić information content (AvgIpc) is 3.02. The molecule has 0 spiro atoms. The van der Waals surface area contributed by atoms with E-state index in [4.69, 9.17) is 14.2 Å². The number of methoxy groups -OCH3 is 4. The largest absolute Gasteiger partial charge is 0.497 e. The van der Waals surface area contributed by atoms with Gasteiger partial charge in [0.25, 0.3) is 0 Å². The highest BCUT2D eigenvalue weighted by molar-refractivity contribution is 8.16. The van der Waals surface area contributed by atoms with Gasteiger partial charge in [0.05, 0.1) is 41.7 Å². The van der Waals surface area contributed by atoms with Gasteiger partial charge in [-0.25, -0.2) is 9.59 Å². The molecule has 0 N–H and O–H groups in total. The number of carbonyl (C=O) groups is 2. The second kappa shape index (κ2) is 17.6. The quantitative estimate of drug-likeness (QED) is 0.0927. The monoisotopic (exact) mass is 680 g/mol. The number of hydrogen-bond acceptors (Lipinski definition) is 17. The van der Waals surface area contributed by atoms with E-state index in [0.717, 1.165) is 37.7 Å². The third kappa shape index (κ3) is 11.6. The molecule has 0 bridgehead atoms. The molecular formula is C24H28N2O13S4. The molecule has 0 saturated carbocycles. The van der Waals surface area contributed by atoms with Crippen molar-refractivity contribution in [2.24, 2.45) is 10.3 Å². The van der Waals surface area contributed by atoms with Crippen molar-refractivity contribution in [3.05, 3.63) is 48.5 Å². The number of esters is 2. The number of rotatable bonds is 14. The zero-order chi connectivity index (χ0) is 31.9. The van der Waals surface area contributed by atoms with Gasteiger partial charge in [-0.3, -0.25) is 8.57 Å². The standard InChI is InChI=1S/C24H28N2O13S4/c1-33-17-5-9-19(10-6-17)42(29,30)38-25-21(23(27)35-3)40-15-13-37-14-16-41-22(24(28)36-4)26-39-43(31,32)20-11-7-18(34-2)8-12-20/h5-12H,13-16H2,1-4H3/b25-21-,26-22-. The minimum Gasteiger partial charge on any atom is -0.497 e. The maximum atomic E-state index is 12.4. The molecule has 236 valence electrons. The highest BCUT2D eigenvalue weighted by atomic mass is 32.2. The van der Waals surface area contributed by atoms with Gasteiger partial charge < -0.3 is 23.7 Å². The van der Waals surface area contributed by atoms with Gasteiger partial charge in [0.1, 0.15) is 21.3 Å². The predicted octanol–water partition coefficient (Wildman–Crippen LogP) is 2.27. The summed E-state index contributed by atoms with van der Waals surface area (Å²) in [4.78, 5) is 23.6. The molecule has 0 aliphatic heterocycles. The molecule has 0 aliphatic rings. The summed E-state index contributed by atoms with van der Waals surface area (Å²) in [6, 6.07) is 10.7. The second-order valence-corrected chi connectivity index (χ2v) is 12.7.